The molecule has 2 rings (SSSR count). The molecule has 0 aliphatic heterocycles. The third-order valence-electron chi connectivity index (χ3n) is 3.28. The summed E-state index contributed by atoms with van der Waals surface area (Å²) in [5.41, 5.74) is 1.37. The number of hydrogen-bond acceptors (Lipinski definition) is 6. The number of likely N-dealkylation sites (N-methyl/N-ethyl adjacent to an activating group) is 1. The van der Waals surface area contributed by atoms with Gasteiger partial charge in [0, 0.05) is 31.4 Å². The minimum Gasteiger partial charge on any atom is -0.395 e. The van der Waals surface area contributed by atoms with Gasteiger partial charge in [0.05, 0.1) is 26.0 Å². The molecular formula is C15H13BrCl2N4O3. The quantitative estimate of drug-likeness (QED) is 0.359. The molecule has 0 aromatic heterocycles. The van der Waals surface area contributed by atoms with Gasteiger partial charge in [-0.2, -0.15) is 0 Å². The number of aliphatic hydroxyl groups excluding tert-OH is 1. The summed E-state index contributed by atoms with van der Waals surface area (Å²) in [5.74, 6) is 0. The Kier molecular flexibility index (Phi) is 6.71. The topological polar surface area (TPSA) is 91.3 Å². The van der Waals surface area contributed by atoms with Gasteiger partial charge in [0.15, 0.2) is 0 Å². The molecule has 7 nitrogen and oxygen atoms in total. The lowest BCUT2D eigenvalue weighted by Crippen LogP contribution is -2.20. The van der Waals surface area contributed by atoms with E-state index in [1.54, 1.807) is 18.2 Å². The minimum atomic E-state index is -0.546. The standard InChI is InChI=1S/C15H13BrCl2N4O3/c1-21(4-5-23)9-2-3-14(12(17)7-9)19-20-15-11(16)6-10(22(24)25)8-13(15)18/h2-3,6-8,23H,4-5H2,1H3. The largest absolute Gasteiger partial charge is 0.395 e. The van der Waals surface area contributed by atoms with E-state index in [1.807, 2.05) is 11.9 Å². The van der Waals surface area contributed by atoms with Crippen LogP contribution in [0, 0.1) is 10.1 Å². The summed E-state index contributed by atoms with van der Waals surface area (Å²) in [6.45, 7) is 0.505. The molecule has 132 valence electrons. The molecule has 0 saturated heterocycles. The van der Waals surface area contributed by atoms with Crippen molar-refractivity contribution < 1.29 is 10.0 Å². The van der Waals surface area contributed by atoms with Crippen LogP contribution >= 0.6 is 39.1 Å². The van der Waals surface area contributed by atoms with Crippen LogP contribution < -0.4 is 4.90 Å². The maximum atomic E-state index is 10.8. The lowest BCUT2D eigenvalue weighted by Gasteiger charge is -2.18. The lowest BCUT2D eigenvalue weighted by atomic mass is 10.2. The van der Waals surface area contributed by atoms with E-state index in [9.17, 15) is 10.1 Å². The van der Waals surface area contributed by atoms with Crippen LogP contribution in [0.1, 0.15) is 0 Å². The van der Waals surface area contributed by atoms with Crippen LogP contribution in [0.2, 0.25) is 10.0 Å². The zero-order chi connectivity index (χ0) is 18.6. The third kappa shape index (κ3) is 4.88. The maximum absolute atomic E-state index is 10.8. The summed E-state index contributed by atoms with van der Waals surface area (Å²) in [6, 6.07) is 7.69. The number of azo groups is 1. The highest BCUT2D eigenvalue weighted by Gasteiger charge is 2.14. The molecule has 1 N–H and O–H groups in total. The Morgan fingerprint density at radius 2 is 1.96 bits per heavy atom. The second-order valence-corrected chi connectivity index (χ2v) is 6.66. The van der Waals surface area contributed by atoms with Crippen molar-refractivity contribution in [1.82, 2.24) is 0 Å². The van der Waals surface area contributed by atoms with Crippen molar-refractivity contribution in [2.24, 2.45) is 10.2 Å². The molecule has 0 heterocycles. The Bertz CT molecular complexity index is 809. The molecular weight excluding hydrogens is 435 g/mol. The van der Waals surface area contributed by atoms with Crippen molar-refractivity contribution in [2.75, 3.05) is 25.1 Å². The highest BCUT2D eigenvalue weighted by molar-refractivity contribution is 9.10. The number of nitrogens with zero attached hydrogens (tertiary/aromatic N) is 4. The van der Waals surface area contributed by atoms with Crippen molar-refractivity contribution in [1.29, 1.82) is 0 Å². The van der Waals surface area contributed by atoms with E-state index in [4.69, 9.17) is 28.3 Å². The van der Waals surface area contributed by atoms with E-state index in [0.29, 0.717) is 21.7 Å². The zero-order valence-electron chi connectivity index (χ0n) is 13.0. The van der Waals surface area contributed by atoms with Gasteiger partial charge in [0.25, 0.3) is 5.69 Å². The average Bonchev–Trinajstić information content (AvgIpc) is 2.55. The molecule has 10 heteroatoms. The molecule has 2 aromatic carbocycles. The van der Waals surface area contributed by atoms with Crippen LogP contribution in [0.3, 0.4) is 0 Å². The molecule has 0 fully saturated rings. The van der Waals surface area contributed by atoms with E-state index in [-0.39, 0.29) is 23.0 Å². The molecule has 25 heavy (non-hydrogen) atoms. The second kappa shape index (κ2) is 8.57. The van der Waals surface area contributed by atoms with Gasteiger partial charge in [-0.3, -0.25) is 10.1 Å². The van der Waals surface area contributed by atoms with Crippen LogP contribution in [0.5, 0.6) is 0 Å². The Labute approximate surface area is 162 Å². The average molecular weight is 448 g/mol. The SMILES string of the molecule is CN(CCO)c1ccc(N=Nc2c(Cl)cc([N+](=O)[O-])cc2Br)c(Cl)c1. The second-order valence-electron chi connectivity index (χ2n) is 5.00. The van der Waals surface area contributed by atoms with Gasteiger partial charge in [-0.25, -0.2) is 0 Å². The summed E-state index contributed by atoms with van der Waals surface area (Å²) in [5, 5.41) is 28.3. The molecule has 0 aliphatic rings. The fourth-order valence-electron chi connectivity index (χ4n) is 1.95. The van der Waals surface area contributed by atoms with Crippen molar-refractivity contribution in [3.05, 3.63) is 55.0 Å². The first-order valence-electron chi connectivity index (χ1n) is 7.00. The number of nitro benzene ring substituents is 1. The van der Waals surface area contributed by atoms with Gasteiger partial charge >= 0.3 is 0 Å². The van der Waals surface area contributed by atoms with Crippen LogP contribution in [0.4, 0.5) is 22.7 Å². The summed E-state index contributed by atoms with van der Waals surface area (Å²) < 4.78 is 0.353. The first-order chi connectivity index (χ1) is 11.8. The van der Waals surface area contributed by atoms with Crippen LogP contribution in [-0.4, -0.2) is 30.2 Å². The number of aliphatic hydroxyl groups is 1. The van der Waals surface area contributed by atoms with Gasteiger partial charge in [-0.05, 0) is 34.1 Å². The summed E-state index contributed by atoms with van der Waals surface area (Å²) in [6.07, 6.45) is 0. The fourth-order valence-corrected chi connectivity index (χ4v) is 3.06. The first-order valence-corrected chi connectivity index (χ1v) is 8.55. The number of anilines is 1. The number of hydrogen-bond donors (Lipinski definition) is 1. The molecule has 0 amide bonds. The molecule has 0 spiro atoms. The summed E-state index contributed by atoms with van der Waals surface area (Å²) in [4.78, 5) is 12.1. The molecule has 0 saturated carbocycles. The molecule has 2 aromatic rings. The first kappa shape index (κ1) is 19.6. The Balaban J connectivity index is 2.29. The van der Waals surface area contributed by atoms with E-state index < -0.39 is 4.92 Å². The van der Waals surface area contributed by atoms with Crippen molar-refractivity contribution in [3.8, 4) is 0 Å². The van der Waals surface area contributed by atoms with E-state index >= 15 is 0 Å². The van der Waals surface area contributed by atoms with Gasteiger partial charge in [0.2, 0.25) is 0 Å². The third-order valence-corrected chi connectivity index (χ3v) is 4.47. The van der Waals surface area contributed by atoms with E-state index in [0.717, 1.165) is 5.69 Å². The number of rotatable bonds is 6. The number of benzene rings is 2. The molecule has 0 radical (unpaired) electrons. The number of nitro groups is 1. The molecule has 0 aliphatic carbocycles. The van der Waals surface area contributed by atoms with E-state index in [1.165, 1.54) is 12.1 Å². The van der Waals surface area contributed by atoms with Crippen LogP contribution in [0.25, 0.3) is 0 Å². The number of non-ortho nitro benzene ring substituents is 1. The van der Waals surface area contributed by atoms with Crippen LogP contribution in [-0.2, 0) is 0 Å². The van der Waals surface area contributed by atoms with Crippen molar-refractivity contribution in [3.63, 3.8) is 0 Å². The normalized spacial score (nSPS) is 11.1. The minimum absolute atomic E-state index is 0.0300. The summed E-state index contributed by atoms with van der Waals surface area (Å²) in [7, 11) is 1.83. The monoisotopic (exact) mass is 446 g/mol. The Hall–Kier alpha value is -1.74. The Morgan fingerprint density at radius 3 is 2.52 bits per heavy atom. The predicted molar refractivity (Wildman–Crippen MR) is 102 cm³/mol. The fraction of sp³-hybridized carbons (Fsp3) is 0.200. The smallest absolute Gasteiger partial charge is 0.272 e. The van der Waals surface area contributed by atoms with Crippen molar-refractivity contribution >= 4 is 61.9 Å². The Morgan fingerprint density at radius 1 is 1.24 bits per heavy atom. The highest BCUT2D eigenvalue weighted by atomic mass is 79.9. The number of halogens is 3. The van der Waals surface area contributed by atoms with Gasteiger partial charge in [-0.15, -0.1) is 10.2 Å². The van der Waals surface area contributed by atoms with Gasteiger partial charge < -0.3 is 10.0 Å². The molecule has 0 bridgehead atoms. The maximum Gasteiger partial charge on any atom is 0.272 e. The van der Waals surface area contributed by atoms with Gasteiger partial charge in [0.1, 0.15) is 11.4 Å². The molecule has 0 atom stereocenters. The van der Waals surface area contributed by atoms with Crippen molar-refractivity contribution in [2.45, 2.75) is 0 Å². The zero-order valence-corrected chi connectivity index (χ0v) is 16.1. The molecule has 0 unspecified atom stereocenters. The van der Waals surface area contributed by atoms with Gasteiger partial charge in [-0.1, -0.05) is 23.2 Å². The van der Waals surface area contributed by atoms with Crippen LogP contribution in [0.15, 0.2) is 45.0 Å². The van der Waals surface area contributed by atoms with E-state index in [2.05, 4.69) is 26.2 Å². The summed E-state index contributed by atoms with van der Waals surface area (Å²) >= 11 is 15.4. The lowest BCUT2D eigenvalue weighted by molar-refractivity contribution is -0.384. The highest BCUT2D eigenvalue weighted by Crippen LogP contribution is 2.39. The predicted octanol–water partition coefficient (Wildman–Crippen LogP) is 5.51.